The Morgan fingerprint density at radius 1 is 0.968 bits per heavy atom. The van der Waals surface area contributed by atoms with Crippen molar-refractivity contribution < 1.29 is 22.0 Å². The Morgan fingerprint density at radius 2 is 1.55 bits per heavy atom. The molecule has 1 heterocycles. The van der Waals surface area contributed by atoms with Gasteiger partial charge in [-0.05, 0) is 61.9 Å². The van der Waals surface area contributed by atoms with Gasteiger partial charge < -0.3 is 4.90 Å². The highest BCUT2D eigenvalue weighted by Crippen LogP contribution is 2.21. The van der Waals surface area contributed by atoms with Gasteiger partial charge in [0.2, 0.25) is 15.9 Å². The third kappa shape index (κ3) is 5.66. The van der Waals surface area contributed by atoms with Crippen molar-refractivity contribution in [1.82, 2.24) is 14.1 Å². The van der Waals surface area contributed by atoms with Crippen molar-refractivity contribution in [2.45, 2.75) is 24.3 Å². The van der Waals surface area contributed by atoms with E-state index in [1.54, 1.807) is 24.1 Å². The molecule has 168 valence electrons. The van der Waals surface area contributed by atoms with Crippen molar-refractivity contribution in [3.8, 4) is 0 Å². The maximum Gasteiger partial charge on any atom is 0.243 e. The average molecular weight is 452 g/mol. The summed E-state index contributed by atoms with van der Waals surface area (Å²) in [6, 6.07) is 10.6. The summed E-state index contributed by atoms with van der Waals surface area (Å²) >= 11 is 0. The number of rotatable bonds is 6. The summed E-state index contributed by atoms with van der Waals surface area (Å²) in [4.78, 5) is 16.4. The highest BCUT2D eigenvalue weighted by Gasteiger charge is 2.28. The van der Waals surface area contributed by atoms with Crippen LogP contribution < -0.4 is 0 Å². The molecule has 1 atom stereocenters. The van der Waals surface area contributed by atoms with Crippen LogP contribution in [0.4, 0.5) is 8.78 Å². The second-order valence-corrected chi connectivity index (χ2v) is 9.66. The highest BCUT2D eigenvalue weighted by molar-refractivity contribution is 7.89. The minimum Gasteiger partial charge on any atom is -0.338 e. The summed E-state index contributed by atoms with van der Waals surface area (Å²) in [7, 11) is -2.00. The third-order valence-corrected chi connectivity index (χ3v) is 7.60. The molecule has 1 fully saturated rings. The number of nitrogens with zero attached hydrogens (tertiary/aromatic N) is 3. The molecule has 1 aliphatic heterocycles. The molecular weight excluding hydrogens is 424 g/mol. The maximum absolute atomic E-state index is 13.1. The molecule has 0 saturated carbocycles. The monoisotopic (exact) mass is 451 g/mol. The minimum absolute atomic E-state index is 0.0614. The van der Waals surface area contributed by atoms with Gasteiger partial charge in [-0.3, -0.25) is 9.69 Å². The van der Waals surface area contributed by atoms with Crippen molar-refractivity contribution >= 4 is 15.9 Å². The molecule has 1 unspecified atom stereocenters. The highest BCUT2D eigenvalue weighted by atomic mass is 32.2. The van der Waals surface area contributed by atoms with Crippen molar-refractivity contribution in [3.63, 3.8) is 0 Å². The average Bonchev–Trinajstić information content (AvgIpc) is 2.99. The molecule has 0 N–H and O–H groups in total. The first-order valence-corrected chi connectivity index (χ1v) is 11.6. The molecule has 0 radical (unpaired) electrons. The maximum atomic E-state index is 13.1. The molecule has 31 heavy (non-hydrogen) atoms. The molecule has 1 saturated heterocycles. The van der Waals surface area contributed by atoms with E-state index in [0.29, 0.717) is 26.1 Å². The molecular formula is C22H27F2N3O3S. The molecule has 2 aromatic rings. The van der Waals surface area contributed by atoms with E-state index < -0.39 is 15.8 Å². The summed E-state index contributed by atoms with van der Waals surface area (Å²) in [5.74, 6) is -0.903. The zero-order valence-corrected chi connectivity index (χ0v) is 18.5. The summed E-state index contributed by atoms with van der Waals surface area (Å²) in [6.07, 6.45) is 0.588. The number of halogens is 2. The molecule has 9 heteroatoms. The van der Waals surface area contributed by atoms with Gasteiger partial charge >= 0.3 is 0 Å². The fourth-order valence-corrected chi connectivity index (χ4v) is 5.05. The lowest BCUT2D eigenvalue weighted by atomic mass is 10.1. The van der Waals surface area contributed by atoms with E-state index in [-0.39, 0.29) is 35.8 Å². The predicted octanol–water partition coefficient (Wildman–Crippen LogP) is 2.88. The number of carbonyl (C=O) groups excluding carboxylic acids is 1. The Balaban J connectivity index is 1.59. The van der Waals surface area contributed by atoms with Gasteiger partial charge in [0.05, 0.1) is 17.5 Å². The van der Waals surface area contributed by atoms with Crippen LogP contribution in [0.25, 0.3) is 0 Å². The van der Waals surface area contributed by atoms with Gasteiger partial charge in [-0.1, -0.05) is 12.1 Å². The summed E-state index contributed by atoms with van der Waals surface area (Å²) in [5.41, 5.74) is 0.838. The first kappa shape index (κ1) is 23.3. The second kappa shape index (κ2) is 9.84. The number of carbonyl (C=O) groups is 1. The minimum atomic E-state index is -3.71. The topological polar surface area (TPSA) is 60.9 Å². The summed E-state index contributed by atoms with van der Waals surface area (Å²) < 4.78 is 53.4. The van der Waals surface area contributed by atoms with Crippen LogP contribution in [0.1, 0.15) is 24.9 Å². The first-order valence-electron chi connectivity index (χ1n) is 10.2. The smallest absolute Gasteiger partial charge is 0.243 e. The van der Waals surface area contributed by atoms with E-state index in [1.165, 1.54) is 28.6 Å². The van der Waals surface area contributed by atoms with Gasteiger partial charge in [-0.15, -0.1) is 0 Å². The lowest BCUT2D eigenvalue weighted by Crippen LogP contribution is -2.41. The Morgan fingerprint density at radius 3 is 2.16 bits per heavy atom. The zero-order chi connectivity index (χ0) is 22.6. The van der Waals surface area contributed by atoms with Gasteiger partial charge in [-0.2, -0.15) is 4.31 Å². The molecule has 6 nitrogen and oxygen atoms in total. The SMILES string of the molecule is CC(c1ccc(F)cc1)N(C)C(=O)CN1CCCN(S(=O)(=O)c2ccc(F)cc2)CC1. The van der Waals surface area contributed by atoms with Crippen LogP contribution in [0.5, 0.6) is 0 Å². The lowest BCUT2D eigenvalue weighted by Gasteiger charge is -2.28. The zero-order valence-electron chi connectivity index (χ0n) is 17.7. The standard InChI is InChI=1S/C22H27F2N3O3S/c1-17(18-4-6-19(23)7-5-18)25(2)22(28)16-26-12-3-13-27(15-14-26)31(29,30)21-10-8-20(24)9-11-21/h4-11,17H,3,12-16H2,1-2H3. The fraction of sp³-hybridized carbons (Fsp3) is 0.409. The molecule has 1 aliphatic rings. The fourth-order valence-electron chi connectivity index (χ4n) is 3.59. The molecule has 1 amide bonds. The van der Waals surface area contributed by atoms with Gasteiger partial charge in [0.25, 0.3) is 0 Å². The van der Waals surface area contributed by atoms with Gasteiger partial charge in [0.1, 0.15) is 11.6 Å². The largest absolute Gasteiger partial charge is 0.338 e. The number of amides is 1. The molecule has 0 aliphatic carbocycles. The normalized spacial score (nSPS) is 17.2. The summed E-state index contributed by atoms with van der Waals surface area (Å²) in [6.45, 7) is 3.67. The number of benzene rings is 2. The second-order valence-electron chi connectivity index (χ2n) is 7.72. The molecule has 2 aromatic carbocycles. The van der Waals surface area contributed by atoms with E-state index in [9.17, 15) is 22.0 Å². The Hall–Kier alpha value is -2.36. The van der Waals surface area contributed by atoms with E-state index in [1.807, 2.05) is 11.8 Å². The van der Waals surface area contributed by atoms with Crippen molar-refractivity contribution in [1.29, 1.82) is 0 Å². The number of hydrogen-bond acceptors (Lipinski definition) is 4. The molecule has 0 spiro atoms. The molecule has 3 rings (SSSR count). The lowest BCUT2D eigenvalue weighted by molar-refractivity contribution is -0.133. The van der Waals surface area contributed by atoms with Crippen LogP contribution in [-0.4, -0.2) is 68.2 Å². The molecule has 0 aromatic heterocycles. The van der Waals surface area contributed by atoms with Crippen molar-refractivity contribution in [2.24, 2.45) is 0 Å². The van der Waals surface area contributed by atoms with Crippen LogP contribution in [0.15, 0.2) is 53.4 Å². The van der Waals surface area contributed by atoms with E-state index in [4.69, 9.17) is 0 Å². The van der Waals surface area contributed by atoms with Crippen molar-refractivity contribution in [3.05, 3.63) is 65.7 Å². The Bertz CT molecular complexity index is 998. The van der Waals surface area contributed by atoms with E-state index >= 15 is 0 Å². The van der Waals surface area contributed by atoms with Crippen LogP contribution in [0, 0.1) is 11.6 Å². The van der Waals surface area contributed by atoms with Crippen LogP contribution in [0.3, 0.4) is 0 Å². The van der Waals surface area contributed by atoms with Gasteiger partial charge in [-0.25, -0.2) is 17.2 Å². The van der Waals surface area contributed by atoms with Crippen LogP contribution >= 0.6 is 0 Å². The van der Waals surface area contributed by atoms with Crippen LogP contribution in [-0.2, 0) is 14.8 Å². The predicted molar refractivity (Wildman–Crippen MR) is 114 cm³/mol. The van der Waals surface area contributed by atoms with E-state index in [0.717, 1.165) is 17.7 Å². The summed E-state index contributed by atoms with van der Waals surface area (Å²) in [5, 5.41) is 0. The quantitative estimate of drug-likeness (QED) is 0.678. The van der Waals surface area contributed by atoms with Gasteiger partial charge in [0, 0.05) is 26.7 Å². The molecule has 0 bridgehead atoms. The first-order chi connectivity index (χ1) is 14.7. The van der Waals surface area contributed by atoms with E-state index in [2.05, 4.69) is 0 Å². The third-order valence-electron chi connectivity index (χ3n) is 5.68. The number of sulfonamides is 1. The Labute approximate surface area is 182 Å². The van der Waals surface area contributed by atoms with Crippen LogP contribution in [0.2, 0.25) is 0 Å². The number of likely N-dealkylation sites (N-methyl/N-ethyl adjacent to an activating group) is 1. The van der Waals surface area contributed by atoms with Gasteiger partial charge in [0.15, 0.2) is 0 Å². The van der Waals surface area contributed by atoms with Crippen molar-refractivity contribution in [2.75, 3.05) is 39.8 Å². The number of hydrogen-bond donors (Lipinski definition) is 0. The Kier molecular flexibility index (Phi) is 7.40.